The Labute approximate surface area is 99.8 Å². The van der Waals surface area contributed by atoms with Crippen molar-refractivity contribution in [3.8, 4) is 0 Å². The second kappa shape index (κ2) is 5.99. The maximum absolute atomic E-state index is 11.4. The van der Waals surface area contributed by atoms with Crippen LogP contribution in [-0.4, -0.2) is 23.2 Å². The van der Waals surface area contributed by atoms with E-state index in [9.17, 15) is 4.79 Å². The van der Waals surface area contributed by atoms with Crippen molar-refractivity contribution < 1.29 is 4.79 Å². The summed E-state index contributed by atoms with van der Waals surface area (Å²) >= 11 is 11.5. The number of nitrogens with zero attached hydrogens (tertiary/aromatic N) is 1. The maximum Gasteiger partial charge on any atom is 0.237 e. The molecule has 0 spiro atoms. The molecule has 0 N–H and O–H groups in total. The molecule has 1 aromatic carbocycles. The molecule has 0 unspecified atom stereocenters. The molecule has 1 rings (SSSR count). The summed E-state index contributed by atoms with van der Waals surface area (Å²) < 4.78 is 0. The molecule has 0 fully saturated rings. The lowest BCUT2D eigenvalue weighted by Crippen LogP contribution is -2.31. The van der Waals surface area contributed by atoms with Gasteiger partial charge in [0.25, 0.3) is 0 Å². The average Bonchev–Trinajstić information content (AvgIpc) is 2.27. The number of carbonyl (C=O) groups is 1. The van der Waals surface area contributed by atoms with E-state index in [1.165, 1.54) is 0 Å². The van der Waals surface area contributed by atoms with Crippen LogP contribution in [0.15, 0.2) is 24.3 Å². The van der Waals surface area contributed by atoms with Gasteiger partial charge in [0.2, 0.25) is 5.91 Å². The van der Waals surface area contributed by atoms with Gasteiger partial charge in [-0.25, -0.2) is 0 Å². The molecule has 0 aliphatic heterocycles. The molecular formula is C11H13Cl2NO. The van der Waals surface area contributed by atoms with E-state index < -0.39 is 0 Å². The van der Waals surface area contributed by atoms with Gasteiger partial charge in [0.15, 0.2) is 0 Å². The Kier molecular flexibility index (Phi) is 4.92. The summed E-state index contributed by atoms with van der Waals surface area (Å²) in [7, 11) is 0. The predicted molar refractivity (Wildman–Crippen MR) is 63.3 cm³/mol. The zero-order valence-corrected chi connectivity index (χ0v) is 10.1. The van der Waals surface area contributed by atoms with E-state index >= 15 is 0 Å². The van der Waals surface area contributed by atoms with E-state index in [4.69, 9.17) is 23.2 Å². The van der Waals surface area contributed by atoms with Gasteiger partial charge in [-0.15, -0.1) is 11.6 Å². The first-order chi connectivity index (χ1) is 7.19. The Morgan fingerprint density at radius 1 is 1.40 bits per heavy atom. The Bertz CT molecular complexity index is 341. The fraction of sp³-hybridized carbons (Fsp3) is 0.364. The molecular weight excluding hydrogens is 233 g/mol. The SMILES string of the molecule is CCN(Cc1ccccc1Cl)C(=O)CCl. The average molecular weight is 246 g/mol. The quantitative estimate of drug-likeness (QED) is 0.748. The van der Waals surface area contributed by atoms with Crippen molar-refractivity contribution in [1.29, 1.82) is 0 Å². The lowest BCUT2D eigenvalue weighted by molar-refractivity contribution is -0.128. The molecule has 1 aromatic rings. The predicted octanol–water partition coefficient (Wildman–Crippen LogP) is 2.93. The fourth-order valence-corrected chi connectivity index (χ4v) is 1.66. The van der Waals surface area contributed by atoms with Crippen molar-refractivity contribution in [2.24, 2.45) is 0 Å². The van der Waals surface area contributed by atoms with Gasteiger partial charge in [-0.3, -0.25) is 4.79 Å². The van der Waals surface area contributed by atoms with Crippen LogP contribution in [0.5, 0.6) is 0 Å². The number of halogens is 2. The van der Waals surface area contributed by atoms with Crippen molar-refractivity contribution in [2.45, 2.75) is 13.5 Å². The molecule has 2 nitrogen and oxygen atoms in total. The molecule has 4 heteroatoms. The van der Waals surface area contributed by atoms with Crippen LogP contribution in [-0.2, 0) is 11.3 Å². The Hall–Kier alpha value is -0.730. The van der Waals surface area contributed by atoms with Gasteiger partial charge >= 0.3 is 0 Å². The number of hydrogen-bond donors (Lipinski definition) is 0. The summed E-state index contributed by atoms with van der Waals surface area (Å²) in [5, 5.41) is 0.679. The minimum absolute atomic E-state index is 0.0122. The van der Waals surface area contributed by atoms with Crippen molar-refractivity contribution in [2.75, 3.05) is 12.4 Å². The van der Waals surface area contributed by atoms with Gasteiger partial charge in [-0.05, 0) is 18.6 Å². The van der Waals surface area contributed by atoms with Gasteiger partial charge in [0.1, 0.15) is 5.88 Å². The minimum atomic E-state index is -0.0703. The van der Waals surface area contributed by atoms with E-state index in [1.807, 2.05) is 31.2 Å². The first-order valence-corrected chi connectivity index (χ1v) is 5.67. The minimum Gasteiger partial charge on any atom is -0.338 e. The molecule has 0 aliphatic rings. The van der Waals surface area contributed by atoms with Crippen LogP contribution >= 0.6 is 23.2 Å². The molecule has 0 radical (unpaired) electrons. The van der Waals surface area contributed by atoms with Crippen molar-refractivity contribution in [1.82, 2.24) is 4.90 Å². The summed E-state index contributed by atoms with van der Waals surface area (Å²) in [6, 6.07) is 7.49. The standard InChI is InChI=1S/C11H13Cl2NO/c1-2-14(11(15)7-12)8-9-5-3-4-6-10(9)13/h3-6H,2,7-8H2,1H3. The van der Waals surface area contributed by atoms with Crippen LogP contribution in [0.25, 0.3) is 0 Å². The molecule has 0 aliphatic carbocycles. The smallest absolute Gasteiger partial charge is 0.237 e. The van der Waals surface area contributed by atoms with Crippen LogP contribution in [0, 0.1) is 0 Å². The second-order valence-corrected chi connectivity index (χ2v) is 3.81. The number of alkyl halides is 1. The molecule has 82 valence electrons. The lowest BCUT2D eigenvalue weighted by Gasteiger charge is -2.20. The highest BCUT2D eigenvalue weighted by atomic mass is 35.5. The number of carbonyl (C=O) groups excluding carboxylic acids is 1. The van der Waals surface area contributed by atoms with Crippen LogP contribution in [0.2, 0.25) is 5.02 Å². The van der Waals surface area contributed by atoms with Crippen LogP contribution in [0.4, 0.5) is 0 Å². The highest BCUT2D eigenvalue weighted by Gasteiger charge is 2.11. The monoisotopic (exact) mass is 245 g/mol. The molecule has 0 aromatic heterocycles. The first-order valence-electron chi connectivity index (χ1n) is 4.76. The Morgan fingerprint density at radius 2 is 2.07 bits per heavy atom. The largest absolute Gasteiger partial charge is 0.338 e. The number of hydrogen-bond acceptors (Lipinski definition) is 1. The fourth-order valence-electron chi connectivity index (χ4n) is 1.29. The summed E-state index contributed by atoms with van der Waals surface area (Å²) in [5.74, 6) is -0.0581. The Balaban J connectivity index is 2.75. The molecule has 0 heterocycles. The molecule has 0 bridgehead atoms. The third-order valence-electron chi connectivity index (χ3n) is 2.17. The summed E-state index contributed by atoms with van der Waals surface area (Å²) in [6.45, 7) is 3.07. The molecule has 0 atom stereocenters. The number of amides is 1. The molecule has 0 saturated heterocycles. The topological polar surface area (TPSA) is 20.3 Å². The second-order valence-electron chi connectivity index (χ2n) is 3.13. The van der Waals surface area contributed by atoms with Gasteiger partial charge < -0.3 is 4.90 Å². The Morgan fingerprint density at radius 3 is 2.60 bits per heavy atom. The van der Waals surface area contributed by atoms with Gasteiger partial charge in [0, 0.05) is 18.1 Å². The third kappa shape index (κ3) is 3.40. The van der Waals surface area contributed by atoms with E-state index in [0.29, 0.717) is 18.1 Å². The summed E-state index contributed by atoms with van der Waals surface area (Å²) in [5.41, 5.74) is 0.944. The van der Waals surface area contributed by atoms with Crippen molar-refractivity contribution in [3.63, 3.8) is 0 Å². The number of rotatable bonds is 4. The summed E-state index contributed by atoms with van der Waals surface area (Å²) in [6.07, 6.45) is 0. The van der Waals surface area contributed by atoms with Crippen LogP contribution in [0.3, 0.4) is 0 Å². The summed E-state index contributed by atoms with van der Waals surface area (Å²) in [4.78, 5) is 13.1. The van der Waals surface area contributed by atoms with E-state index in [1.54, 1.807) is 4.90 Å². The van der Waals surface area contributed by atoms with Crippen molar-refractivity contribution >= 4 is 29.1 Å². The maximum atomic E-state index is 11.4. The molecule has 1 amide bonds. The van der Waals surface area contributed by atoms with Gasteiger partial charge in [0.05, 0.1) is 0 Å². The van der Waals surface area contributed by atoms with Crippen LogP contribution < -0.4 is 0 Å². The lowest BCUT2D eigenvalue weighted by atomic mass is 10.2. The van der Waals surface area contributed by atoms with Gasteiger partial charge in [-0.1, -0.05) is 29.8 Å². The highest BCUT2D eigenvalue weighted by molar-refractivity contribution is 6.31. The molecule has 15 heavy (non-hydrogen) atoms. The van der Waals surface area contributed by atoms with Gasteiger partial charge in [-0.2, -0.15) is 0 Å². The van der Waals surface area contributed by atoms with Crippen molar-refractivity contribution in [3.05, 3.63) is 34.9 Å². The van der Waals surface area contributed by atoms with E-state index in [2.05, 4.69) is 0 Å². The number of benzene rings is 1. The highest BCUT2D eigenvalue weighted by Crippen LogP contribution is 2.17. The third-order valence-corrected chi connectivity index (χ3v) is 2.77. The van der Waals surface area contributed by atoms with E-state index in [-0.39, 0.29) is 11.8 Å². The first kappa shape index (κ1) is 12.3. The molecule has 0 saturated carbocycles. The normalized spacial score (nSPS) is 10.1. The van der Waals surface area contributed by atoms with E-state index in [0.717, 1.165) is 5.56 Å². The van der Waals surface area contributed by atoms with Crippen LogP contribution in [0.1, 0.15) is 12.5 Å². The zero-order chi connectivity index (χ0) is 11.3. The zero-order valence-electron chi connectivity index (χ0n) is 8.54.